The number of benzene rings is 1. The number of nitrogens with one attached hydrogen (secondary N) is 2. The zero-order valence-corrected chi connectivity index (χ0v) is 14.6. The predicted octanol–water partition coefficient (Wildman–Crippen LogP) is 3.00. The highest BCUT2D eigenvalue weighted by Crippen LogP contribution is 2.18. The number of hydrogen-bond donors (Lipinski definition) is 2. The Labute approximate surface area is 148 Å². The maximum atomic E-state index is 12.4. The van der Waals surface area contributed by atoms with Gasteiger partial charge in [-0.25, -0.2) is 4.79 Å². The van der Waals surface area contributed by atoms with Gasteiger partial charge in [-0.3, -0.25) is 4.79 Å². The summed E-state index contributed by atoms with van der Waals surface area (Å²) in [5, 5.41) is 5.92. The van der Waals surface area contributed by atoms with Gasteiger partial charge in [0.05, 0.1) is 13.2 Å². The van der Waals surface area contributed by atoms with Crippen LogP contribution in [0.25, 0.3) is 0 Å². The van der Waals surface area contributed by atoms with E-state index in [9.17, 15) is 9.59 Å². The Balaban J connectivity index is 1.51. The Kier molecular flexibility index (Phi) is 6.28. The normalized spacial score (nSPS) is 19.1. The molecule has 0 bridgehead atoms. The van der Waals surface area contributed by atoms with Gasteiger partial charge >= 0.3 is 6.03 Å². The van der Waals surface area contributed by atoms with Gasteiger partial charge in [-0.1, -0.05) is 25.7 Å². The van der Waals surface area contributed by atoms with Crippen molar-refractivity contribution in [2.75, 3.05) is 31.6 Å². The first-order valence-corrected chi connectivity index (χ1v) is 9.27. The van der Waals surface area contributed by atoms with Gasteiger partial charge < -0.3 is 20.3 Å². The molecule has 0 aromatic heterocycles. The minimum atomic E-state index is -0.167. The van der Waals surface area contributed by atoms with E-state index < -0.39 is 0 Å². The van der Waals surface area contributed by atoms with E-state index in [2.05, 4.69) is 10.6 Å². The Bertz CT molecular complexity index is 574. The number of ether oxygens (including phenoxy) is 1. The predicted molar refractivity (Wildman–Crippen MR) is 96.8 cm³/mol. The lowest BCUT2D eigenvalue weighted by Gasteiger charge is -2.26. The minimum absolute atomic E-state index is 0.0118. The van der Waals surface area contributed by atoms with Gasteiger partial charge in [0.1, 0.15) is 0 Å². The first-order chi connectivity index (χ1) is 12.2. The molecule has 0 radical (unpaired) electrons. The maximum Gasteiger partial charge on any atom is 0.319 e. The van der Waals surface area contributed by atoms with Crippen molar-refractivity contribution in [1.82, 2.24) is 10.2 Å². The highest BCUT2D eigenvalue weighted by Gasteiger charge is 2.18. The SMILES string of the molecule is O=C(Nc1ccc(C(=O)N2CCOCC2)cc1)NC1CCCCCC1. The van der Waals surface area contributed by atoms with E-state index in [1.54, 1.807) is 29.2 Å². The summed E-state index contributed by atoms with van der Waals surface area (Å²) in [4.78, 5) is 26.3. The molecule has 136 valence electrons. The van der Waals surface area contributed by atoms with Gasteiger partial charge in [-0.05, 0) is 37.1 Å². The van der Waals surface area contributed by atoms with Crippen LogP contribution in [-0.4, -0.2) is 49.2 Å². The van der Waals surface area contributed by atoms with E-state index in [4.69, 9.17) is 4.74 Å². The summed E-state index contributed by atoms with van der Waals surface area (Å²) in [6.07, 6.45) is 7.00. The second kappa shape index (κ2) is 8.85. The van der Waals surface area contributed by atoms with E-state index in [1.165, 1.54) is 25.7 Å². The van der Waals surface area contributed by atoms with Crippen LogP contribution in [0, 0.1) is 0 Å². The molecular formula is C19H27N3O3. The molecule has 6 heteroatoms. The molecule has 0 spiro atoms. The topological polar surface area (TPSA) is 70.7 Å². The summed E-state index contributed by atoms with van der Waals surface area (Å²) >= 11 is 0. The van der Waals surface area contributed by atoms with E-state index in [0.717, 1.165) is 12.8 Å². The first kappa shape index (κ1) is 17.7. The number of rotatable bonds is 3. The molecule has 1 saturated carbocycles. The van der Waals surface area contributed by atoms with Crippen molar-refractivity contribution in [2.45, 2.75) is 44.6 Å². The van der Waals surface area contributed by atoms with Crippen LogP contribution in [0.2, 0.25) is 0 Å². The van der Waals surface area contributed by atoms with E-state index in [-0.39, 0.29) is 18.0 Å². The summed E-state index contributed by atoms with van der Waals surface area (Å²) in [6.45, 7) is 2.44. The fraction of sp³-hybridized carbons (Fsp3) is 0.579. The molecule has 3 amide bonds. The van der Waals surface area contributed by atoms with Gasteiger partial charge in [-0.15, -0.1) is 0 Å². The molecule has 1 aromatic rings. The number of anilines is 1. The standard InChI is InChI=1S/C19H27N3O3/c23-18(22-11-13-25-14-12-22)15-7-9-17(10-8-15)21-19(24)20-16-5-3-1-2-4-6-16/h7-10,16H,1-6,11-14H2,(H2,20,21,24). The van der Waals surface area contributed by atoms with Gasteiger partial charge in [-0.2, -0.15) is 0 Å². The number of amides is 3. The lowest BCUT2D eigenvalue weighted by molar-refractivity contribution is 0.0303. The number of morpholine rings is 1. The largest absolute Gasteiger partial charge is 0.378 e. The van der Waals surface area contributed by atoms with Crippen LogP contribution in [-0.2, 0) is 4.74 Å². The third-order valence-corrected chi connectivity index (χ3v) is 4.88. The molecule has 1 saturated heterocycles. The van der Waals surface area contributed by atoms with Crippen molar-refractivity contribution in [1.29, 1.82) is 0 Å². The summed E-state index contributed by atoms with van der Waals surface area (Å²) < 4.78 is 5.27. The van der Waals surface area contributed by atoms with Gasteiger partial charge in [0.25, 0.3) is 5.91 Å². The van der Waals surface area contributed by atoms with Crippen LogP contribution in [0.5, 0.6) is 0 Å². The molecule has 1 aromatic carbocycles. The zero-order chi connectivity index (χ0) is 17.5. The second-order valence-corrected chi connectivity index (χ2v) is 6.77. The maximum absolute atomic E-state index is 12.4. The molecule has 2 N–H and O–H groups in total. The molecule has 0 atom stereocenters. The van der Waals surface area contributed by atoms with Crippen molar-refractivity contribution in [3.05, 3.63) is 29.8 Å². The third kappa shape index (κ3) is 5.19. The number of urea groups is 1. The van der Waals surface area contributed by atoms with Crippen molar-refractivity contribution in [3.8, 4) is 0 Å². The number of carbonyl (C=O) groups excluding carboxylic acids is 2. The van der Waals surface area contributed by atoms with Gasteiger partial charge in [0, 0.05) is 30.4 Å². The Morgan fingerprint density at radius 3 is 2.24 bits per heavy atom. The Morgan fingerprint density at radius 2 is 1.60 bits per heavy atom. The molecular weight excluding hydrogens is 318 g/mol. The summed E-state index contributed by atoms with van der Waals surface area (Å²) in [5.41, 5.74) is 1.33. The lowest BCUT2D eigenvalue weighted by atomic mass is 10.1. The van der Waals surface area contributed by atoms with Crippen LogP contribution >= 0.6 is 0 Å². The zero-order valence-electron chi connectivity index (χ0n) is 14.6. The van der Waals surface area contributed by atoms with Crippen LogP contribution in [0.4, 0.5) is 10.5 Å². The molecule has 2 aliphatic rings. The molecule has 6 nitrogen and oxygen atoms in total. The van der Waals surface area contributed by atoms with Crippen molar-refractivity contribution < 1.29 is 14.3 Å². The Hall–Kier alpha value is -2.08. The van der Waals surface area contributed by atoms with Crippen LogP contribution in [0.3, 0.4) is 0 Å². The van der Waals surface area contributed by atoms with Gasteiger partial charge in [0.2, 0.25) is 0 Å². The third-order valence-electron chi connectivity index (χ3n) is 4.88. The van der Waals surface area contributed by atoms with Crippen molar-refractivity contribution in [3.63, 3.8) is 0 Å². The Morgan fingerprint density at radius 1 is 0.960 bits per heavy atom. The van der Waals surface area contributed by atoms with Gasteiger partial charge in [0.15, 0.2) is 0 Å². The van der Waals surface area contributed by atoms with Crippen LogP contribution in [0.15, 0.2) is 24.3 Å². The van der Waals surface area contributed by atoms with E-state index >= 15 is 0 Å². The fourth-order valence-corrected chi connectivity index (χ4v) is 3.42. The lowest BCUT2D eigenvalue weighted by Crippen LogP contribution is -2.40. The molecule has 3 rings (SSSR count). The van der Waals surface area contributed by atoms with Crippen molar-refractivity contribution >= 4 is 17.6 Å². The molecule has 25 heavy (non-hydrogen) atoms. The fourth-order valence-electron chi connectivity index (χ4n) is 3.42. The number of nitrogens with zero attached hydrogens (tertiary/aromatic N) is 1. The van der Waals surface area contributed by atoms with E-state index in [0.29, 0.717) is 37.6 Å². The highest BCUT2D eigenvalue weighted by molar-refractivity contribution is 5.95. The number of hydrogen-bond acceptors (Lipinski definition) is 3. The first-order valence-electron chi connectivity index (χ1n) is 9.27. The average molecular weight is 345 g/mol. The highest BCUT2D eigenvalue weighted by atomic mass is 16.5. The molecule has 2 fully saturated rings. The molecule has 1 heterocycles. The quantitative estimate of drug-likeness (QED) is 0.827. The minimum Gasteiger partial charge on any atom is -0.378 e. The smallest absolute Gasteiger partial charge is 0.319 e. The summed E-state index contributed by atoms with van der Waals surface area (Å²) in [6, 6.07) is 7.18. The monoisotopic (exact) mass is 345 g/mol. The van der Waals surface area contributed by atoms with Crippen LogP contribution in [0.1, 0.15) is 48.9 Å². The second-order valence-electron chi connectivity index (χ2n) is 6.77. The van der Waals surface area contributed by atoms with Crippen LogP contribution < -0.4 is 10.6 Å². The molecule has 1 aliphatic carbocycles. The number of carbonyl (C=O) groups is 2. The molecule has 1 aliphatic heterocycles. The van der Waals surface area contributed by atoms with E-state index in [1.807, 2.05) is 0 Å². The summed E-state index contributed by atoms with van der Waals surface area (Å²) in [7, 11) is 0. The summed E-state index contributed by atoms with van der Waals surface area (Å²) in [5.74, 6) is 0.0118. The van der Waals surface area contributed by atoms with Crippen molar-refractivity contribution in [2.24, 2.45) is 0 Å². The average Bonchev–Trinajstić information content (AvgIpc) is 2.91. The molecule has 0 unspecified atom stereocenters.